The highest BCUT2D eigenvalue weighted by atomic mass is 16.4. The second kappa shape index (κ2) is 7.41. The van der Waals surface area contributed by atoms with Gasteiger partial charge in [-0.25, -0.2) is 0 Å². The van der Waals surface area contributed by atoms with Crippen molar-refractivity contribution in [1.29, 1.82) is 0 Å². The van der Waals surface area contributed by atoms with Crippen LogP contribution < -0.4 is 5.32 Å². The molecule has 0 aromatic carbocycles. The summed E-state index contributed by atoms with van der Waals surface area (Å²) in [6.07, 6.45) is 3.58. The summed E-state index contributed by atoms with van der Waals surface area (Å²) in [6.45, 7) is 12.6. The third-order valence-electron chi connectivity index (χ3n) is 4.36. The molecule has 2 atom stereocenters. The number of nitrogens with zero attached hydrogens (tertiary/aromatic N) is 1. The van der Waals surface area contributed by atoms with Crippen molar-refractivity contribution in [3.8, 4) is 0 Å². The Morgan fingerprint density at radius 2 is 2.05 bits per heavy atom. The molecule has 118 valence electrons. The van der Waals surface area contributed by atoms with Crippen molar-refractivity contribution < 1.29 is 9.90 Å². The van der Waals surface area contributed by atoms with Gasteiger partial charge in [-0.1, -0.05) is 20.8 Å². The summed E-state index contributed by atoms with van der Waals surface area (Å²) < 4.78 is 0. The monoisotopic (exact) mass is 284 g/mol. The van der Waals surface area contributed by atoms with Gasteiger partial charge in [-0.2, -0.15) is 0 Å². The molecule has 1 saturated carbocycles. The van der Waals surface area contributed by atoms with E-state index < -0.39 is 11.5 Å². The lowest BCUT2D eigenvalue weighted by molar-refractivity contribution is -0.147. The molecule has 0 spiro atoms. The molecule has 1 rings (SSSR count). The molecule has 1 aliphatic carbocycles. The third kappa shape index (κ3) is 4.19. The fourth-order valence-corrected chi connectivity index (χ4v) is 3.50. The predicted molar refractivity (Wildman–Crippen MR) is 83.0 cm³/mol. The van der Waals surface area contributed by atoms with E-state index in [2.05, 4.69) is 37.9 Å². The van der Waals surface area contributed by atoms with Gasteiger partial charge in [0.05, 0.1) is 0 Å². The van der Waals surface area contributed by atoms with Crippen LogP contribution in [0.25, 0.3) is 0 Å². The lowest BCUT2D eigenvalue weighted by Crippen LogP contribution is -2.59. The van der Waals surface area contributed by atoms with Crippen LogP contribution in [0, 0.1) is 5.92 Å². The lowest BCUT2D eigenvalue weighted by Gasteiger charge is -2.45. The fourth-order valence-electron chi connectivity index (χ4n) is 3.50. The van der Waals surface area contributed by atoms with E-state index in [0.717, 1.165) is 32.2 Å². The normalized spacial score (nSPS) is 27.5. The summed E-state index contributed by atoms with van der Waals surface area (Å²) in [6, 6.07) is 0.843. The number of rotatable bonds is 7. The van der Waals surface area contributed by atoms with Crippen LogP contribution >= 0.6 is 0 Å². The van der Waals surface area contributed by atoms with Gasteiger partial charge in [0.1, 0.15) is 5.54 Å². The maximum Gasteiger partial charge on any atom is 0.323 e. The predicted octanol–water partition coefficient (Wildman–Crippen LogP) is 2.73. The van der Waals surface area contributed by atoms with Crippen LogP contribution in [0.3, 0.4) is 0 Å². The first kappa shape index (κ1) is 17.4. The second-order valence-corrected chi connectivity index (χ2v) is 6.85. The van der Waals surface area contributed by atoms with Gasteiger partial charge in [0.2, 0.25) is 0 Å². The topological polar surface area (TPSA) is 52.6 Å². The fraction of sp³-hybridized carbons (Fsp3) is 0.938. The Kier molecular flexibility index (Phi) is 6.46. The number of carboxylic acid groups (broad SMARTS) is 1. The van der Waals surface area contributed by atoms with Crippen molar-refractivity contribution in [1.82, 2.24) is 10.2 Å². The van der Waals surface area contributed by atoms with E-state index in [4.69, 9.17) is 0 Å². The molecule has 1 fully saturated rings. The van der Waals surface area contributed by atoms with E-state index >= 15 is 0 Å². The average Bonchev–Trinajstić information content (AvgIpc) is 2.36. The van der Waals surface area contributed by atoms with Gasteiger partial charge < -0.3 is 10.4 Å². The minimum atomic E-state index is -0.720. The Morgan fingerprint density at radius 3 is 2.50 bits per heavy atom. The first-order valence-electron chi connectivity index (χ1n) is 8.06. The quantitative estimate of drug-likeness (QED) is 0.755. The number of likely N-dealkylation sites (N-methyl/N-ethyl adjacent to an activating group) is 1. The molecule has 2 N–H and O–H groups in total. The van der Waals surface area contributed by atoms with Crippen LogP contribution in [0.1, 0.15) is 60.3 Å². The zero-order valence-electron chi connectivity index (χ0n) is 13.8. The van der Waals surface area contributed by atoms with Crippen molar-refractivity contribution in [2.75, 3.05) is 13.1 Å². The molecule has 4 nitrogen and oxygen atoms in total. The molecule has 2 unspecified atom stereocenters. The molecule has 0 amide bonds. The molecule has 0 bridgehead atoms. The standard InChI is InChI=1S/C16H32N2O2/c1-6-17-16(15(19)20)9-7-8-14(10-16)18(13(4)5)11-12(2)3/h12-14,17H,6-11H2,1-5H3,(H,19,20). The van der Waals surface area contributed by atoms with Crippen LogP contribution in [0.4, 0.5) is 0 Å². The third-order valence-corrected chi connectivity index (χ3v) is 4.36. The molecule has 4 heteroatoms. The first-order chi connectivity index (χ1) is 9.32. The summed E-state index contributed by atoms with van der Waals surface area (Å²) >= 11 is 0. The SMILES string of the molecule is CCNC1(C(=O)O)CCCC(N(CC(C)C)C(C)C)C1. The maximum atomic E-state index is 11.7. The average molecular weight is 284 g/mol. The van der Waals surface area contributed by atoms with Crippen LogP contribution in [-0.2, 0) is 4.79 Å². The van der Waals surface area contributed by atoms with E-state index in [1.807, 2.05) is 6.92 Å². The Hall–Kier alpha value is -0.610. The lowest BCUT2D eigenvalue weighted by atomic mass is 9.77. The van der Waals surface area contributed by atoms with E-state index in [1.54, 1.807) is 0 Å². The number of hydrogen-bond donors (Lipinski definition) is 2. The Bertz CT molecular complexity index is 314. The Balaban J connectivity index is 2.86. The number of carbonyl (C=O) groups is 1. The molecule has 0 heterocycles. The molecule has 20 heavy (non-hydrogen) atoms. The van der Waals surface area contributed by atoms with Gasteiger partial charge in [-0.15, -0.1) is 0 Å². The van der Waals surface area contributed by atoms with Crippen LogP contribution in [0.15, 0.2) is 0 Å². The maximum absolute atomic E-state index is 11.7. The number of hydrogen-bond acceptors (Lipinski definition) is 3. The van der Waals surface area contributed by atoms with Gasteiger partial charge in [0, 0.05) is 18.6 Å². The zero-order valence-corrected chi connectivity index (χ0v) is 13.8. The molecule has 1 aliphatic rings. The smallest absolute Gasteiger partial charge is 0.323 e. The Morgan fingerprint density at radius 1 is 1.40 bits per heavy atom. The molecule has 0 aromatic rings. The van der Waals surface area contributed by atoms with Crippen LogP contribution in [0.5, 0.6) is 0 Å². The van der Waals surface area contributed by atoms with E-state index in [9.17, 15) is 9.90 Å². The van der Waals surface area contributed by atoms with Crippen molar-refractivity contribution in [3.05, 3.63) is 0 Å². The molecule has 0 aliphatic heterocycles. The first-order valence-corrected chi connectivity index (χ1v) is 8.06. The van der Waals surface area contributed by atoms with Crippen molar-refractivity contribution >= 4 is 5.97 Å². The highest BCUT2D eigenvalue weighted by molar-refractivity contribution is 5.79. The van der Waals surface area contributed by atoms with E-state index in [1.165, 1.54) is 0 Å². The highest BCUT2D eigenvalue weighted by Crippen LogP contribution is 2.33. The largest absolute Gasteiger partial charge is 0.480 e. The zero-order chi connectivity index (χ0) is 15.3. The summed E-state index contributed by atoms with van der Waals surface area (Å²) in [4.78, 5) is 14.2. The number of nitrogens with one attached hydrogen (secondary N) is 1. The molecular formula is C16H32N2O2. The van der Waals surface area contributed by atoms with Crippen LogP contribution in [-0.4, -0.2) is 46.7 Å². The highest BCUT2D eigenvalue weighted by Gasteiger charge is 2.44. The van der Waals surface area contributed by atoms with E-state index in [0.29, 0.717) is 24.5 Å². The summed E-state index contributed by atoms with van der Waals surface area (Å²) in [7, 11) is 0. The van der Waals surface area contributed by atoms with Gasteiger partial charge in [-0.05, 0) is 52.0 Å². The molecule has 0 aromatic heterocycles. The summed E-state index contributed by atoms with van der Waals surface area (Å²) in [5.74, 6) is -0.0741. The van der Waals surface area contributed by atoms with Crippen molar-refractivity contribution in [2.45, 2.75) is 77.9 Å². The van der Waals surface area contributed by atoms with E-state index in [-0.39, 0.29) is 0 Å². The molecule has 0 saturated heterocycles. The minimum absolute atomic E-state index is 0.376. The number of aliphatic carboxylic acids is 1. The van der Waals surface area contributed by atoms with Gasteiger partial charge in [-0.3, -0.25) is 9.69 Å². The second-order valence-electron chi connectivity index (χ2n) is 6.85. The summed E-state index contributed by atoms with van der Waals surface area (Å²) in [5.41, 5.74) is -0.720. The summed E-state index contributed by atoms with van der Waals surface area (Å²) in [5, 5.41) is 12.9. The molecular weight excluding hydrogens is 252 g/mol. The van der Waals surface area contributed by atoms with Gasteiger partial charge in [0.25, 0.3) is 0 Å². The minimum Gasteiger partial charge on any atom is -0.480 e. The Labute approximate surface area is 123 Å². The van der Waals surface area contributed by atoms with Crippen molar-refractivity contribution in [2.24, 2.45) is 5.92 Å². The van der Waals surface area contributed by atoms with Crippen LogP contribution in [0.2, 0.25) is 0 Å². The number of carboxylic acids is 1. The van der Waals surface area contributed by atoms with Gasteiger partial charge in [0.15, 0.2) is 0 Å². The van der Waals surface area contributed by atoms with Crippen molar-refractivity contribution in [3.63, 3.8) is 0 Å². The van der Waals surface area contributed by atoms with Gasteiger partial charge >= 0.3 is 5.97 Å². The molecule has 0 radical (unpaired) electrons.